The van der Waals surface area contributed by atoms with Gasteiger partial charge >= 0.3 is 0 Å². The SMILES string of the molecule is OCC1C2COC(O2)C(O)C1O. The van der Waals surface area contributed by atoms with Gasteiger partial charge in [-0.3, -0.25) is 0 Å². The number of aliphatic hydroxyl groups excluding tert-OH is 3. The van der Waals surface area contributed by atoms with E-state index < -0.39 is 24.4 Å². The molecule has 2 aliphatic heterocycles. The van der Waals surface area contributed by atoms with Gasteiger partial charge in [-0.2, -0.15) is 0 Å². The zero-order chi connectivity index (χ0) is 8.72. The van der Waals surface area contributed by atoms with Crippen LogP contribution in [0.1, 0.15) is 0 Å². The third kappa shape index (κ3) is 1.06. The highest BCUT2D eigenvalue weighted by molar-refractivity contribution is 4.92. The molecule has 0 aliphatic carbocycles. The molecule has 0 amide bonds. The summed E-state index contributed by atoms with van der Waals surface area (Å²) >= 11 is 0. The zero-order valence-corrected chi connectivity index (χ0v) is 6.46. The maximum Gasteiger partial charge on any atom is 0.186 e. The van der Waals surface area contributed by atoms with Crippen molar-refractivity contribution in [3.8, 4) is 0 Å². The number of ether oxygens (including phenoxy) is 2. The minimum atomic E-state index is -1.04. The van der Waals surface area contributed by atoms with Crippen LogP contribution in [0, 0.1) is 5.92 Å². The van der Waals surface area contributed by atoms with Gasteiger partial charge in [0, 0.05) is 5.92 Å². The average Bonchev–Trinajstić information content (AvgIpc) is 2.49. The molecular weight excluding hydrogens is 164 g/mol. The van der Waals surface area contributed by atoms with Crippen LogP contribution in [0.15, 0.2) is 0 Å². The number of fused-ring (bicyclic) bond motifs is 2. The molecule has 0 aromatic rings. The minimum Gasteiger partial charge on any atom is -0.396 e. The molecule has 5 heteroatoms. The minimum absolute atomic E-state index is 0.195. The molecule has 5 atom stereocenters. The van der Waals surface area contributed by atoms with Gasteiger partial charge in [0.1, 0.15) is 6.10 Å². The number of hydrogen-bond acceptors (Lipinski definition) is 5. The molecule has 0 radical (unpaired) electrons. The summed E-state index contributed by atoms with van der Waals surface area (Å²) in [5.74, 6) is -0.432. The average molecular weight is 176 g/mol. The van der Waals surface area contributed by atoms with Crippen LogP contribution in [0.2, 0.25) is 0 Å². The molecule has 2 bridgehead atoms. The Kier molecular flexibility index (Phi) is 2.05. The third-order valence-electron chi connectivity index (χ3n) is 2.49. The van der Waals surface area contributed by atoms with Gasteiger partial charge in [0.05, 0.1) is 25.4 Å². The second-order valence-corrected chi connectivity index (χ2v) is 3.20. The Hall–Kier alpha value is -0.200. The predicted octanol–water partition coefficient (Wildman–Crippen LogP) is -1.93. The molecule has 12 heavy (non-hydrogen) atoms. The van der Waals surface area contributed by atoms with Crippen molar-refractivity contribution in [3.63, 3.8) is 0 Å². The maximum absolute atomic E-state index is 9.45. The fourth-order valence-electron chi connectivity index (χ4n) is 1.70. The van der Waals surface area contributed by atoms with E-state index in [1.165, 1.54) is 0 Å². The number of rotatable bonds is 1. The number of aliphatic hydroxyl groups is 3. The summed E-state index contributed by atoms with van der Waals surface area (Å²) in [6.07, 6.45) is -2.98. The Balaban J connectivity index is 2.14. The van der Waals surface area contributed by atoms with Crippen molar-refractivity contribution in [1.29, 1.82) is 0 Å². The Labute approximate surface area is 69.5 Å². The maximum atomic E-state index is 9.45. The fourth-order valence-corrected chi connectivity index (χ4v) is 1.70. The van der Waals surface area contributed by atoms with E-state index in [-0.39, 0.29) is 12.7 Å². The van der Waals surface area contributed by atoms with E-state index in [4.69, 9.17) is 14.6 Å². The summed E-state index contributed by atoms with van der Waals surface area (Å²) in [5.41, 5.74) is 0. The monoisotopic (exact) mass is 176 g/mol. The Morgan fingerprint density at radius 1 is 1.25 bits per heavy atom. The van der Waals surface area contributed by atoms with E-state index in [2.05, 4.69) is 0 Å². The van der Waals surface area contributed by atoms with Crippen molar-refractivity contribution in [2.75, 3.05) is 13.2 Å². The lowest BCUT2D eigenvalue weighted by Crippen LogP contribution is -2.51. The van der Waals surface area contributed by atoms with Gasteiger partial charge in [0.15, 0.2) is 6.29 Å². The fraction of sp³-hybridized carbons (Fsp3) is 1.00. The largest absolute Gasteiger partial charge is 0.396 e. The molecule has 2 rings (SSSR count). The molecule has 3 N–H and O–H groups in total. The normalized spacial score (nSPS) is 52.8. The lowest BCUT2D eigenvalue weighted by Gasteiger charge is -2.34. The van der Waals surface area contributed by atoms with E-state index in [0.717, 1.165) is 0 Å². The first-order chi connectivity index (χ1) is 5.74. The van der Waals surface area contributed by atoms with Gasteiger partial charge in [-0.1, -0.05) is 0 Å². The van der Waals surface area contributed by atoms with Gasteiger partial charge in [0.25, 0.3) is 0 Å². The summed E-state index contributed by atoms with van der Waals surface area (Å²) < 4.78 is 10.2. The first-order valence-corrected chi connectivity index (χ1v) is 3.98. The molecule has 0 spiro atoms. The van der Waals surface area contributed by atoms with E-state index in [0.29, 0.717) is 6.61 Å². The summed E-state index contributed by atoms with van der Waals surface area (Å²) in [5, 5.41) is 27.7. The summed E-state index contributed by atoms with van der Waals surface area (Å²) in [7, 11) is 0. The van der Waals surface area contributed by atoms with Crippen LogP contribution in [0.3, 0.4) is 0 Å². The van der Waals surface area contributed by atoms with Crippen molar-refractivity contribution in [2.45, 2.75) is 24.6 Å². The highest BCUT2D eigenvalue weighted by Crippen LogP contribution is 2.31. The summed E-state index contributed by atoms with van der Waals surface area (Å²) in [6.45, 7) is 0.142. The van der Waals surface area contributed by atoms with Gasteiger partial charge < -0.3 is 24.8 Å². The van der Waals surface area contributed by atoms with E-state index in [9.17, 15) is 10.2 Å². The highest BCUT2D eigenvalue weighted by Gasteiger charge is 2.48. The van der Waals surface area contributed by atoms with Gasteiger partial charge in [-0.05, 0) is 0 Å². The molecule has 2 heterocycles. The second kappa shape index (κ2) is 2.93. The summed E-state index contributed by atoms with van der Waals surface area (Å²) in [4.78, 5) is 0. The molecule has 0 saturated carbocycles. The molecule has 5 nitrogen and oxygen atoms in total. The van der Waals surface area contributed by atoms with E-state index >= 15 is 0 Å². The van der Waals surface area contributed by atoms with Crippen LogP contribution in [-0.4, -0.2) is 53.1 Å². The Morgan fingerprint density at radius 2 is 2.00 bits per heavy atom. The molecular formula is C7H12O5. The quantitative estimate of drug-likeness (QED) is 0.433. The van der Waals surface area contributed by atoms with Crippen LogP contribution >= 0.6 is 0 Å². The van der Waals surface area contributed by atoms with Crippen molar-refractivity contribution < 1.29 is 24.8 Å². The van der Waals surface area contributed by atoms with Gasteiger partial charge in [-0.15, -0.1) is 0 Å². The van der Waals surface area contributed by atoms with Gasteiger partial charge in [0.2, 0.25) is 0 Å². The van der Waals surface area contributed by atoms with E-state index in [1.54, 1.807) is 0 Å². The van der Waals surface area contributed by atoms with Crippen LogP contribution in [-0.2, 0) is 9.47 Å². The molecule has 2 fully saturated rings. The van der Waals surface area contributed by atoms with Crippen LogP contribution < -0.4 is 0 Å². The molecule has 2 aliphatic rings. The molecule has 2 saturated heterocycles. The Bertz CT molecular complexity index is 173. The number of hydrogen-bond donors (Lipinski definition) is 3. The molecule has 5 unspecified atom stereocenters. The molecule has 0 aromatic carbocycles. The standard InChI is InChI=1S/C7H12O5/c8-1-3-4-2-11-7(12-4)6(10)5(3)9/h3-10H,1-2H2. The Morgan fingerprint density at radius 3 is 2.67 bits per heavy atom. The van der Waals surface area contributed by atoms with Crippen molar-refractivity contribution in [1.82, 2.24) is 0 Å². The highest BCUT2D eigenvalue weighted by atomic mass is 16.7. The zero-order valence-electron chi connectivity index (χ0n) is 6.46. The molecule has 70 valence electrons. The van der Waals surface area contributed by atoms with E-state index in [1.807, 2.05) is 0 Å². The lowest BCUT2D eigenvalue weighted by molar-refractivity contribution is -0.217. The third-order valence-corrected chi connectivity index (χ3v) is 2.49. The van der Waals surface area contributed by atoms with Crippen LogP contribution in [0.25, 0.3) is 0 Å². The van der Waals surface area contributed by atoms with Crippen LogP contribution in [0.4, 0.5) is 0 Å². The molecule has 0 aromatic heterocycles. The summed E-state index contributed by atoms with van der Waals surface area (Å²) in [6, 6.07) is 0. The van der Waals surface area contributed by atoms with Crippen molar-refractivity contribution in [3.05, 3.63) is 0 Å². The van der Waals surface area contributed by atoms with Crippen LogP contribution in [0.5, 0.6) is 0 Å². The first-order valence-electron chi connectivity index (χ1n) is 3.98. The predicted molar refractivity (Wildman–Crippen MR) is 37.2 cm³/mol. The van der Waals surface area contributed by atoms with Crippen molar-refractivity contribution >= 4 is 0 Å². The lowest BCUT2D eigenvalue weighted by atomic mass is 9.91. The topological polar surface area (TPSA) is 79.2 Å². The smallest absolute Gasteiger partial charge is 0.186 e. The van der Waals surface area contributed by atoms with Gasteiger partial charge in [-0.25, -0.2) is 0 Å². The first kappa shape index (κ1) is 8.40. The van der Waals surface area contributed by atoms with Crippen molar-refractivity contribution in [2.24, 2.45) is 5.92 Å². The second-order valence-electron chi connectivity index (χ2n) is 3.20.